The first-order chi connectivity index (χ1) is 28.5. The minimum atomic E-state index is -0.708. The van der Waals surface area contributed by atoms with Gasteiger partial charge in [0.15, 0.2) is 6.10 Å². The molecule has 304 valence electrons. The number of aliphatic hydroxyl groups is 1. The Morgan fingerprint density at radius 3 is 1.71 bits per heavy atom. The number of aliphatic hydroxyl groups excluding tert-OH is 1. The van der Waals surface area contributed by atoms with Gasteiger partial charge < -0.3 is 36.4 Å². The molecule has 2 fully saturated rings. The zero-order valence-corrected chi connectivity index (χ0v) is 32.4. The number of ether oxygens (including phenoxy) is 1. The van der Waals surface area contributed by atoms with Crippen LogP contribution in [0.5, 0.6) is 0 Å². The second-order valence-corrected chi connectivity index (χ2v) is 14.2. The van der Waals surface area contributed by atoms with E-state index in [1.165, 1.54) is 43.7 Å². The molecule has 4 heterocycles. The molecular weight excluding hydrogens is 759 g/mol. The van der Waals surface area contributed by atoms with Crippen molar-refractivity contribution in [2.75, 3.05) is 77.5 Å². The van der Waals surface area contributed by atoms with E-state index in [0.717, 1.165) is 35.2 Å². The molecule has 13 nitrogen and oxygen atoms in total. The van der Waals surface area contributed by atoms with Gasteiger partial charge >= 0.3 is 0 Å². The molecule has 4 aromatic carbocycles. The third-order valence-electron chi connectivity index (χ3n) is 10.6. The number of carbonyl (C=O) groups excluding carboxylic acids is 3. The lowest BCUT2D eigenvalue weighted by Crippen LogP contribution is -2.51. The number of likely N-dealkylation sites (N-methyl/N-ethyl adjacent to an activating group) is 1. The van der Waals surface area contributed by atoms with Crippen molar-refractivity contribution in [3.05, 3.63) is 120 Å². The summed E-state index contributed by atoms with van der Waals surface area (Å²) >= 11 is 0. The normalized spacial score (nSPS) is 15.8. The van der Waals surface area contributed by atoms with E-state index in [9.17, 15) is 23.2 Å². The standard InChI is InChI=1S/C22H21FN4O3.C22H23FN4O2/c1-25-21(28)19-12-27(7-8-30-19)22(29)18-11-26-20(24)17-10-14(5-6-16(17)18)13-3-2-4-15(23)9-13;23-17-3-1-2-15(12-17)16-4-5-18-19(13-16)21(24)25-14-20(18)22(29)27-8-6-26(7-9-27)10-11-28/h2-6,9-11,19H,7-8,12H2,1H3,(H2,24,26)(H,25,28);1-5,12-14,28H,6-11H2,(H2,24,25). The number of nitrogens with two attached hydrogens (primary N) is 2. The van der Waals surface area contributed by atoms with Crippen LogP contribution in [0, 0.1) is 11.6 Å². The number of anilines is 2. The van der Waals surface area contributed by atoms with Crippen LogP contribution < -0.4 is 16.8 Å². The molecule has 2 aliphatic heterocycles. The number of hydrogen-bond donors (Lipinski definition) is 4. The SMILES string of the molecule is CNC(=O)C1CN(C(=O)c2cnc(N)c3cc(-c4cccc(F)c4)ccc23)CCO1.Nc1ncc(C(=O)N2CCN(CCO)CC2)c2ccc(-c3cccc(F)c3)cc12. The van der Waals surface area contributed by atoms with Crippen molar-refractivity contribution >= 4 is 50.9 Å². The third kappa shape index (κ3) is 8.97. The number of amides is 3. The Bertz CT molecular complexity index is 2530. The van der Waals surface area contributed by atoms with Crippen molar-refractivity contribution in [2.45, 2.75) is 6.10 Å². The molecule has 8 rings (SSSR count). The lowest BCUT2D eigenvalue weighted by Gasteiger charge is -2.34. The zero-order valence-electron chi connectivity index (χ0n) is 32.4. The fraction of sp³-hybridized carbons (Fsp3) is 0.250. The molecular formula is C44H44F2N8O5. The highest BCUT2D eigenvalue weighted by Crippen LogP contribution is 2.32. The van der Waals surface area contributed by atoms with Crippen molar-refractivity contribution in [3.63, 3.8) is 0 Å². The number of pyridine rings is 2. The molecule has 3 amide bonds. The van der Waals surface area contributed by atoms with Crippen LogP contribution in [0.3, 0.4) is 0 Å². The minimum absolute atomic E-state index is 0.0790. The topological polar surface area (TPSA) is 180 Å². The van der Waals surface area contributed by atoms with Gasteiger partial charge in [0, 0.05) is 69.5 Å². The quantitative estimate of drug-likeness (QED) is 0.179. The Labute approximate surface area is 339 Å². The summed E-state index contributed by atoms with van der Waals surface area (Å²) in [6.45, 7) is 4.22. The number of rotatable bonds is 7. The molecule has 6 aromatic rings. The van der Waals surface area contributed by atoms with Crippen molar-refractivity contribution in [2.24, 2.45) is 0 Å². The summed E-state index contributed by atoms with van der Waals surface area (Å²) < 4.78 is 32.7. The van der Waals surface area contributed by atoms with Gasteiger partial charge in [-0.1, -0.05) is 48.5 Å². The molecule has 6 N–H and O–H groups in total. The van der Waals surface area contributed by atoms with Gasteiger partial charge in [0.1, 0.15) is 23.3 Å². The highest BCUT2D eigenvalue weighted by Gasteiger charge is 2.30. The summed E-state index contributed by atoms with van der Waals surface area (Å²) in [5.74, 6) is -0.619. The second-order valence-electron chi connectivity index (χ2n) is 14.2. The number of fused-ring (bicyclic) bond motifs is 2. The molecule has 1 atom stereocenters. The fourth-order valence-electron chi connectivity index (χ4n) is 7.37. The van der Waals surface area contributed by atoms with E-state index in [1.54, 1.807) is 40.1 Å². The van der Waals surface area contributed by atoms with Crippen LogP contribution in [0.15, 0.2) is 97.3 Å². The van der Waals surface area contributed by atoms with E-state index in [4.69, 9.17) is 21.3 Å². The van der Waals surface area contributed by atoms with Crippen LogP contribution in [0.1, 0.15) is 20.7 Å². The van der Waals surface area contributed by atoms with Gasteiger partial charge in [0.25, 0.3) is 17.7 Å². The molecule has 59 heavy (non-hydrogen) atoms. The number of halogens is 2. The van der Waals surface area contributed by atoms with Gasteiger partial charge in [0.05, 0.1) is 30.9 Å². The van der Waals surface area contributed by atoms with E-state index in [2.05, 4.69) is 20.2 Å². The maximum absolute atomic E-state index is 13.6. The van der Waals surface area contributed by atoms with Crippen LogP contribution in [-0.2, 0) is 9.53 Å². The van der Waals surface area contributed by atoms with Gasteiger partial charge in [-0.3, -0.25) is 19.3 Å². The average Bonchev–Trinajstić information content (AvgIpc) is 3.26. The Balaban J connectivity index is 0.000000179. The number of nitrogens with one attached hydrogen (secondary N) is 1. The van der Waals surface area contributed by atoms with Gasteiger partial charge in [-0.05, 0) is 69.4 Å². The number of piperazine rings is 1. The van der Waals surface area contributed by atoms with E-state index in [1.807, 2.05) is 30.3 Å². The van der Waals surface area contributed by atoms with Crippen LogP contribution in [0.4, 0.5) is 20.4 Å². The number of carbonyl (C=O) groups is 3. The maximum atomic E-state index is 13.6. The lowest BCUT2D eigenvalue weighted by atomic mass is 9.99. The van der Waals surface area contributed by atoms with Crippen LogP contribution in [0.25, 0.3) is 43.8 Å². The number of β-amino-alcohol motifs (C(OH)–C–C–N with tert-alkyl or cyclic N) is 1. The molecule has 0 aliphatic carbocycles. The highest BCUT2D eigenvalue weighted by molar-refractivity contribution is 6.11. The molecule has 15 heteroatoms. The molecule has 0 bridgehead atoms. The Morgan fingerprint density at radius 1 is 0.712 bits per heavy atom. The van der Waals surface area contributed by atoms with Gasteiger partial charge in [0.2, 0.25) is 0 Å². The zero-order chi connectivity index (χ0) is 41.6. The van der Waals surface area contributed by atoms with Crippen LogP contribution in [-0.4, -0.2) is 120 Å². The van der Waals surface area contributed by atoms with Crippen LogP contribution in [0.2, 0.25) is 0 Å². The minimum Gasteiger partial charge on any atom is -0.395 e. The Morgan fingerprint density at radius 2 is 1.22 bits per heavy atom. The summed E-state index contributed by atoms with van der Waals surface area (Å²) in [4.78, 5) is 52.1. The smallest absolute Gasteiger partial charge is 0.256 e. The molecule has 2 saturated heterocycles. The molecule has 0 saturated carbocycles. The summed E-state index contributed by atoms with van der Waals surface area (Å²) in [6.07, 6.45) is 2.27. The number of morpholine rings is 1. The average molecular weight is 803 g/mol. The highest BCUT2D eigenvalue weighted by atomic mass is 19.1. The Kier molecular flexibility index (Phi) is 12.4. The number of aromatic nitrogens is 2. The number of nitrogens with zero attached hydrogens (tertiary/aromatic N) is 5. The third-order valence-corrected chi connectivity index (χ3v) is 10.6. The van der Waals surface area contributed by atoms with Crippen molar-refractivity contribution < 1.29 is 33.0 Å². The maximum Gasteiger partial charge on any atom is 0.256 e. The molecule has 0 spiro atoms. The van der Waals surface area contributed by atoms with Crippen molar-refractivity contribution in [1.82, 2.24) is 30.0 Å². The van der Waals surface area contributed by atoms with Crippen LogP contribution >= 0.6 is 0 Å². The van der Waals surface area contributed by atoms with Gasteiger partial charge in [-0.25, -0.2) is 18.7 Å². The van der Waals surface area contributed by atoms with E-state index in [-0.39, 0.29) is 54.9 Å². The number of benzene rings is 4. The summed E-state index contributed by atoms with van der Waals surface area (Å²) in [6, 6.07) is 23.6. The number of hydrogen-bond acceptors (Lipinski definition) is 10. The number of nitrogen functional groups attached to an aromatic ring is 2. The van der Waals surface area contributed by atoms with E-state index < -0.39 is 6.10 Å². The molecule has 0 radical (unpaired) electrons. The lowest BCUT2D eigenvalue weighted by molar-refractivity contribution is -0.136. The predicted molar refractivity (Wildman–Crippen MR) is 222 cm³/mol. The molecule has 1 unspecified atom stereocenters. The predicted octanol–water partition coefficient (Wildman–Crippen LogP) is 4.58. The largest absolute Gasteiger partial charge is 0.395 e. The fourth-order valence-corrected chi connectivity index (χ4v) is 7.37. The van der Waals surface area contributed by atoms with Crippen molar-refractivity contribution in [1.29, 1.82) is 0 Å². The molecule has 2 aliphatic rings. The monoisotopic (exact) mass is 802 g/mol. The first-order valence-electron chi connectivity index (χ1n) is 19.2. The second kappa shape index (κ2) is 17.9. The van der Waals surface area contributed by atoms with Gasteiger partial charge in [-0.15, -0.1) is 0 Å². The first kappa shape index (κ1) is 40.6. The van der Waals surface area contributed by atoms with E-state index in [0.29, 0.717) is 64.8 Å². The molecule has 2 aromatic heterocycles. The summed E-state index contributed by atoms with van der Waals surface area (Å²) in [5, 5.41) is 14.3. The van der Waals surface area contributed by atoms with Gasteiger partial charge in [-0.2, -0.15) is 0 Å². The van der Waals surface area contributed by atoms with E-state index >= 15 is 0 Å². The summed E-state index contributed by atoms with van der Waals surface area (Å²) in [7, 11) is 1.53. The Hall–Kier alpha value is -6.55. The van der Waals surface area contributed by atoms with Crippen molar-refractivity contribution in [3.8, 4) is 22.3 Å². The summed E-state index contributed by atoms with van der Waals surface area (Å²) in [5.41, 5.74) is 16.1. The first-order valence-corrected chi connectivity index (χ1v) is 19.2.